The summed E-state index contributed by atoms with van der Waals surface area (Å²) in [5.74, 6) is 1.99. The summed E-state index contributed by atoms with van der Waals surface area (Å²) in [5, 5.41) is 7.46. The number of rotatable bonds is 5. The fourth-order valence-corrected chi connectivity index (χ4v) is 3.82. The van der Waals surface area contributed by atoms with Gasteiger partial charge >= 0.3 is 0 Å². The Morgan fingerprint density at radius 3 is 2.81 bits per heavy atom. The van der Waals surface area contributed by atoms with Gasteiger partial charge in [-0.05, 0) is 61.9 Å². The fourth-order valence-electron chi connectivity index (χ4n) is 3.82. The van der Waals surface area contributed by atoms with Gasteiger partial charge in [-0.2, -0.15) is 0 Å². The van der Waals surface area contributed by atoms with Crippen molar-refractivity contribution in [2.45, 2.75) is 32.4 Å². The number of carbonyl (C=O) groups excluding carboxylic acids is 1. The third-order valence-corrected chi connectivity index (χ3v) is 5.52. The Hall–Kier alpha value is -3.94. The number of nitrogens with zero attached hydrogens (tertiary/aromatic N) is 4. The first kappa shape index (κ1) is 20.0. The Morgan fingerprint density at radius 1 is 1.22 bits per heavy atom. The third-order valence-electron chi connectivity index (χ3n) is 5.52. The summed E-state index contributed by atoms with van der Waals surface area (Å²) in [6, 6.07) is 14.7. The fraction of sp³-hybridized carbons (Fsp3) is 0.250. The highest BCUT2D eigenvalue weighted by Crippen LogP contribution is 2.29. The highest BCUT2D eigenvalue weighted by atomic mass is 16.5. The van der Waals surface area contributed by atoms with Crippen molar-refractivity contribution in [3.63, 3.8) is 0 Å². The van der Waals surface area contributed by atoms with Crippen molar-refractivity contribution >= 4 is 11.6 Å². The quantitative estimate of drug-likeness (QED) is 0.521. The lowest BCUT2D eigenvalue weighted by Crippen LogP contribution is -2.27. The summed E-state index contributed by atoms with van der Waals surface area (Å²) in [4.78, 5) is 21.9. The van der Waals surface area contributed by atoms with Crippen LogP contribution in [0.2, 0.25) is 0 Å². The molecule has 1 aliphatic heterocycles. The SMILES string of the molecule is COc1ccc(-c2cc3nc([C@H](C)NC(=O)c4ccc5c(c4)C[C@H](C)O5)nn3cn2)cc1. The molecule has 0 unspecified atom stereocenters. The van der Waals surface area contributed by atoms with E-state index in [1.165, 1.54) is 0 Å². The van der Waals surface area contributed by atoms with Crippen LogP contribution in [0.25, 0.3) is 16.9 Å². The summed E-state index contributed by atoms with van der Waals surface area (Å²) in [6.07, 6.45) is 2.58. The molecule has 8 heteroatoms. The van der Waals surface area contributed by atoms with Crippen LogP contribution in [0.1, 0.15) is 41.6 Å². The van der Waals surface area contributed by atoms with Crippen molar-refractivity contribution in [3.8, 4) is 22.8 Å². The molecule has 5 rings (SSSR count). The van der Waals surface area contributed by atoms with Gasteiger partial charge in [-0.1, -0.05) is 0 Å². The number of amides is 1. The van der Waals surface area contributed by atoms with Crippen LogP contribution in [-0.4, -0.2) is 38.7 Å². The molecule has 0 saturated heterocycles. The minimum absolute atomic E-state index is 0.140. The topological polar surface area (TPSA) is 90.6 Å². The Labute approximate surface area is 185 Å². The normalized spacial score (nSPS) is 15.8. The Balaban J connectivity index is 1.34. The van der Waals surface area contributed by atoms with Crippen molar-refractivity contribution < 1.29 is 14.3 Å². The molecule has 8 nitrogen and oxygen atoms in total. The van der Waals surface area contributed by atoms with Gasteiger partial charge < -0.3 is 14.8 Å². The highest BCUT2D eigenvalue weighted by molar-refractivity contribution is 5.94. The third kappa shape index (κ3) is 3.75. The molecule has 0 radical (unpaired) electrons. The average Bonchev–Trinajstić information content (AvgIpc) is 3.40. The number of hydrogen-bond donors (Lipinski definition) is 1. The van der Waals surface area contributed by atoms with Crippen LogP contribution in [0.3, 0.4) is 0 Å². The Morgan fingerprint density at radius 2 is 2.03 bits per heavy atom. The molecule has 0 spiro atoms. The highest BCUT2D eigenvalue weighted by Gasteiger charge is 2.22. The molecule has 1 N–H and O–H groups in total. The first-order valence-corrected chi connectivity index (χ1v) is 10.5. The summed E-state index contributed by atoms with van der Waals surface area (Å²) < 4.78 is 12.5. The maximum Gasteiger partial charge on any atom is 0.251 e. The van der Waals surface area contributed by atoms with Gasteiger partial charge in [0.1, 0.15) is 23.9 Å². The van der Waals surface area contributed by atoms with E-state index in [-0.39, 0.29) is 18.1 Å². The van der Waals surface area contributed by atoms with E-state index >= 15 is 0 Å². The molecule has 1 aliphatic rings. The average molecular weight is 429 g/mol. The van der Waals surface area contributed by atoms with Crippen molar-refractivity contribution in [3.05, 3.63) is 71.8 Å². The molecule has 32 heavy (non-hydrogen) atoms. The largest absolute Gasteiger partial charge is 0.497 e. The molecule has 4 aromatic rings. The first-order valence-electron chi connectivity index (χ1n) is 10.5. The molecule has 2 atom stereocenters. The number of ether oxygens (including phenoxy) is 2. The molecule has 0 saturated carbocycles. The van der Waals surface area contributed by atoms with Gasteiger partial charge in [0.15, 0.2) is 11.5 Å². The predicted molar refractivity (Wildman–Crippen MR) is 119 cm³/mol. The molecule has 0 fully saturated rings. The number of fused-ring (bicyclic) bond motifs is 2. The zero-order valence-electron chi connectivity index (χ0n) is 18.1. The summed E-state index contributed by atoms with van der Waals surface area (Å²) in [7, 11) is 1.64. The van der Waals surface area contributed by atoms with Gasteiger partial charge in [-0.3, -0.25) is 4.79 Å². The van der Waals surface area contributed by atoms with E-state index in [0.717, 1.165) is 34.7 Å². The lowest BCUT2D eigenvalue weighted by Gasteiger charge is -2.11. The molecule has 162 valence electrons. The second-order valence-corrected chi connectivity index (χ2v) is 7.93. The van der Waals surface area contributed by atoms with Gasteiger partial charge in [0.2, 0.25) is 0 Å². The number of aromatic nitrogens is 4. The molecule has 0 bridgehead atoms. The van der Waals surface area contributed by atoms with Gasteiger partial charge in [-0.25, -0.2) is 14.5 Å². The van der Waals surface area contributed by atoms with Gasteiger partial charge in [0.05, 0.1) is 18.8 Å². The number of carbonyl (C=O) groups is 1. The van der Waals surface area contributed by atoms with Gasteiger partial charge in [0.25, 0.3) is 5.91 Å². The van der Waals surface area contributed by atoms with Crippen LogP contribution < -0.4 is 14.8 Å². The maximum absolute atomic E-state index is 12.8. The van der Waals surface area contributed by atoms with E-state index in [4.69, 9.17) is 9.47 Å². The lowest BCUT2D eigenvalue weighted by molar-refractivity contribution is 0.0938. The number of methoxy groups -OCH3 is 1. The number of hydrogen-bond acceptors (Lipinski definition) is 6. The smallest absolute Gasteiger partial charge is 0.251 e. The summed E-state index contributed by atoms with van der Waals surface area (Å²) in [5.41, 5.74) is 4.05. The maximum atomic E-state index is 12.8. The molecule has 2 aromatic heterocycles. The Bertz CT molecular complexity index is 1300. The molecule has 2 aromatic carbocycles. The van der Waals surface area contributed by atoms with Crippen molar-refractivity contribution in [2.75, 3.05) is 7.11 Å². The van der Waals surface area contributed by atoms with Crippen molar-refractivity contribution in [2.24, 2.45) is 0 Å². The van der Waals surface area contributed by atoms with Crippen LogP contribution >= 0.6 is 0 Å². The van der Waals surface area contributed by atoms with Crippen LogP contribution in [0.15, 0.2) is 54.9 Å². The van der Waals surface area contributed by atoms with E-state index < -0.39 is 0 Å². The van der Waals surface area contributed by atoms with E-state index in [1.54, 1.807) is 24.0 Å². The monoisotopic (exact) mass is 429 g/mol. The summed E-state index contributed by atoms with van der Waals surface area (Å²) >= 11 is 0. The molecule has 3 heterocycles. The lowest BCUT2D eigenvalue weighted by atomic mass is 10.1. The second kappa shape index (κ2) is 7.96. The minimum atomic E-state index is -0.365. The zero-order valence-corrected chi connectivity index (χ0v) is 18.1. The molecule has 1 amide bonds. The van der Waals surface area contributed by atoms with Gasteiger partial charge in [-0.15, -0.1) is 5.10 Å². The van der Waals surface area contributed by atoms with Gasteiger partial charge in [0, 0.05) is 23.6 Å². The molecule has 0 aliphatic carbocycles. The molecular formula is C24H23N5O3. The van der Waals surface area contributed by atoms with E-state index in [0.29, 0.717) is 17.0 Å². The van der Waals surface area contributed by atoms with Crippen LogP contribution in [0.4, 0.5) is 0 Å². The minimum Gasteiger partial charge on any atom is -0.497 e. The molecular weight excluding hydrogens is 406 g/mol. The standard InChI is InChI=1S/C24H23N5O3/c1-14-10-18-11-17(6-9-21(18)32-14)24(30)26-15(2)23-27-22-12-20(25-13-29(22)28-23)16-4-7-19(31-3)8-5-16/h4-9,11-15H,10H2,1-3H3,(H,26,30)/t14-,15-/m0/s1. The first-order chi connectivity index (χ1) is 15.5. The Kier molecular flexibility index (Phi) is 4.97. The van der Waals surface area contributed by atoms with E-state index in [9.17, 15) is 4.79 Å². The summed E-state index contributed by atoms with van der Waals surface area (Å²) in [6.45, 7) is 3.88. The van der Waals surface area contributed by atoms with E-state index in [1.807, 2.05) is 56.3 Å². The zero-order chi connectivity index (χ0) is 22.2. The number of nitrogens with one attached hydrogen (secondary N) is 1. The predicted octanol–water partition coefficient (Wildman–Crippen LogP) is 3.61. The van der Waals surface area contributed by atoms with Crippen LogP contribution in [0.5, 0.6) is 11.5 Å². The van der Waals surface area contributed by atoms with Crippen LogP contribution in [-0.2, 0) is 6.42 Å². The van der Waals surface area contributed by atoms with E-state index in [2.05, 4.69) is 20.4 Å². The van der Waals surface area contributed by atoms with Crippen molar-refractivity contribution in [1.82, 2.24) is 24.9 Å². The second-order valence-electron chi connectivity index (χ2n) is 7.93. The van der Waals surface area contributed by atoms with Crippen LogP contribution in [0, 0.1) is 0 Å². The van der Waals surface area contributed by atoms with Crippen molar-refractivity contribution in [1.29, 1.82) is 0 Å². The number of benzene rings is 2.